The fourth-order valence-electron chi connectivity index (χ4n) is 2.76. The van der Waals surface area contributed by atoms with Gasteiger partial charge in [-0.05, 0) is 24.3 Å². The summed E-state index contributed by atoms with van der Waals surface area (Å²) >= 11 is 0. The maximum Gasteiger partial charge on any atom is 0.437 e. The number of benzene rings is 1. The molecule has 170 valence electrons. The second-order valence-electron chi connectivity index (χ2n) is 6.59. The maximum atomic E-state index is 13.7. The highest BCUT2D eigenvalue weighted by Gasteiger charge is 2.38. The van der Waals surface area contributed by atoms with Gasteiger partial charge in [0.15, 0.2) is 11.5 Å². The average molecular weight is 466 g/mol. The Bertz CT molecular complexity index is 1380. The van der Waals surface area contributed by atoms with Crippen molar-refractivity contribution in [2.75, 3.05) is 5.32 Å². The SMILES string of the molecule is Cn1nc(-c2nn(-c3ccc(C(=O)Nc4c(F)cccc4F)cn3)cc2C(F)(F)F)oc1=O. The molecule has 0 bridgehead atoms. The van der Waals surface area contributed by atoms with Crippen molar-refractivity contribution in [1.82, 2.24) is 24.5 Å². The number of nitrogens with zero attached hydrogens (tertiary/aromatic N) is 5. The van der Waals surface area contributed by atoms with E-state index in [1.807, 2.05) is 0 Å². The Kier molecular flexibility index (Phi) is 5.27. The van der Waals surface area contributed by atoms with E-state index in [2.05, 4.69) is 20.5 Å². The van der Waals surface area contributed by atoms with Crippen LogP contribution < -0.4 is 11.1 Å². The van der Waals surface area contributed by atoms with Gasteiger partial charge in [-0.2, -0.15) is 23.0 Å². The van der Waals surface area contributed by atoms with Gasteiger partial charge in [0.05, 0.1) is 5.56 Å². The van der Waals surface area contributed by atoms with E-state index in [9.17, 15) is 31.5 Å². The first-order valence-corrected chi connectivity index (χ1v) is 8.98. The van der Waals surface area contributed by atoms with Gasteiger partial charge in [-0.15, -0.1) is 5.10 Å². The molecule has 0 unspecified atom stereocenters. The molecule has 0 aliphatic rings. The summed E-state index contributed by atoms with van der Waals surface area (Å²) in [4.78, 5) is 27.6. The number of hydrogen-bond acceptors (Lipinski definition) is 6. The van der Waals surface area contributed by atoms with Crippen LogP contribution in [0.15, 0.2) is 51.9 Å². The van der Waals surface area contributed by atoms with Crippen LogP contribution in [0.2, 0.25) is 0 Å². The number of para-hydroxylation sites is 1. The Morgan fingerprint density at radius 2 is 1.79 bits per heavy atom. The number of hydrogen-bond donors (Lipinski definition) is 1. The molecule has 4 rings (SSSR count). The first kappa shape index (κ1) is 21.9. The number of pyridine rings is 1. The third kappa shape index (κ3) is 4.22. The zero-order chi connectivity index (χ0) is 23.9. The second-order valence-corrected chi connectivity index (χ2v) is 6.59. The average Bonchev–Trinajstić information content (AvgIpc) is 3.35. The van der Waals surface area contributed by atoms with E-state index < -0.39 is 52.3 Å². The molecule has 33 heavy (non-hydrogen) atoms. The van der Waals surface area contributed by atoms with Gasteiger partial charge >= 0.3 is 11.9 Å². The van der Waals surface area contributed by atoms with Gasteiger partial charge in [-0.1, -0.05) is 6.07 Å². The van der Waals surface area contributed by atoms with Crippen molar-refractivity contribution in [3.05, 3.63) is 76.0 Å². The molecule has 0 aliphatic heterocycles. The van der Waals surface area contributed by atoms with Gasteiger partial charge in [0.2, 0.25) is 0 Å². The van der Waals surface area contributed by atoms with Gasteiger partial charge in [0, 0.05) is 19.4 Å². The molecule has 14 heteroatoms. The third-order valence-electron chi connectivity index (χ3n) is 4.36. The van der Waals surface area contributed by atoms with Crippen LogP contribution >= 0.6 is 0 Å². The van der Waals surface area contributed by atoms with E-state index in [1.165, 1.54) is 13.1 Å². The normalized spacial score (nSPS) is 11.6. The van der Waals surface area contributed by atoms with Crippen LogP contribution in [0.3, 0.4) is 0 Å². The van der Waals surface area contributed by atoms with Gasteiger partial charge in [-0.3, -0.25) is 4.79 Å². The van der Waals surface area contributed by atoms with Crippen molar-refractivity contribution in [3.8, 4) is 17.4 Å². The zero-order valence-corrected chi connectivity index (χ0v) is 16.4. The predicted octanol–water partition coefficient (Wildman–Crippen LogP) is 3.17. The minimum absolute atomic E-state index is 0.124. The standard InChI is InChI=1S/C19H11F5N6O3/c1-29-18(32)33-17(28-29)14-10(19(22,23)24)8-30(27-14)13-6-5-9(7-25-13)16(31)26-15-11(20)3-2-4-12(15)21/h2-8H,1H3,(H,26,31). The van der Waals surface area contributed by atoms with Gasteiger partial charge in [0.1, 0.15) is 22.9 Å². The van der Waals surface area contributed by atoms with E-state index in [4.69, 9.17) is 4.42 Å². The highest BCUT2D eigenvalue weighted by Crippen LogP contribution is 2.36. The molecule has 9 nitrogen and oxygen atoms in total. The number of halogens is 5. The number of amides is 1. The van der Waals surface area contributed by atoms with E-state index in [0.717, 1.165) is 35.1 Å². The number of aromatic nitrogens is 5. The number of carbonyl (C=O) groups excluding carboxylic acids is 1. The van der Waals surface area contributed by atoms with E-state index in [1.54, 1.807) is 0 Å². The summed E-state index contributed by atoms with van der Waals surface area (Å²) in [7, 11) is 1.19. The van der Waals surface area contributed by atoms with Crippen LogP contribution in [-0.2, 0) is 13.2 Å². The van der Waals surface area contributed by atoms with Crippen LogP contribution in [0, 0.1) is 11.6 Å². The van der Waals surface area contributed by atoms with Gasteiger partial charge in [0.25, 0.3) is 11.8 Å². The number of anilines is 1. The summed E-state index contributed by atoms with van der Waals surface area (Å²) in [6, 6.07) is 5.37. The molecule has 1 N–H and O–H groups in total. The van der Waals surface area contributed by atoms with Gasteiger partial charge in [-0.25, -0.2) is 23.2 Å². The zero-order valence-electron chi connectivity index (χ0n) is 16.4. The molecule has 0 spiro atoms. The highest BCUT2D eigenvalue weighted by atomic mass is 19.4. The monoisotopic (exact) mass is 466 g/mol. The first-order chi connectivity index (χ1) is 15.5. The molecule has 1 amide bonds. The topological polar surface area (TPSA) is 108 Å². The minimum atomic E-state index is -4.85. The predicted molar refractivity (Wildman–Crippen MR) is 101 cm³/mol. The molecule has 0 aliphatic carbocycles. The van der Waals surface area contributed by atoms with Crippen molar-refractivity contribution in [3.63, 3.8) is 0 Å². The molecule has 3 heterocycles. The van der Waals surface area contributed by atoms with Crippen molar-refractivity contribution in [2.24, 2.45) is 7.05 Å². The first-order valence-electron chi connectivity index (χ1n) is 8.98. The van der Waals surface area contributed by atoms with E-state index >= 15 is 0 Å². The van der Waals surface area contributed by atoms with Crippen molar-refractivity contribution in [1.29, 1.82) is 0 Å². The Labute approximate surface area is 180 Å². The number of rotatable bonds is 4. The van der Waals surface area contributed by atoms with Gasteiger partial charge < -0.3 is 9.73 Å². The quantitative estimate of drug-likeness (QED) is 0.463. The van der Waals surface area contributed by atoms with Crippen LogP contribution in [-0.4, -0.2) is 30.5 Å². The summed E-state index contributed by atoms with van der Waals surface area (Å²) < 4.78 is 74.0. The van der Waals surface area contributed by atoms with Crippen molar-refractivity contribution < 1.29 is 31.2 Å². The largest absolute Gasteiger partial charge is 0.437 e. The summed E-state index contributed by atoms with van der Waals surface area (Å²) in [5, 5.41) is 9.41. The smallest absolute Gasteiger partial charge is 0.386 e. The van der Waals surface area contributed by atoms with E-state index in [-0.39, 0.29) is 11.4 Å². The number of aryl methyl sites for hydroxylation is 1. The van der Waals surface area contributed by atoms with Crippen LogP contribution in [0.4, 0.5) is 27.6 Å². The highest BCUT2D eigenvalue weighted by molar-refractivity contribution is 6.04. The molecule has 3 aromatic heterocycles. The third-order valence-corrected chi connectivity index (χ3v) is 4.36. The summed E-state index contributed by atoms with van der Waals surface area (Å²) in [5.41, 5.74) is -2.75. The molecule has 1 aromatic carbocycles. The molecule has 4 aromatic rings. The summed E-state index contributed by atoms with van der Waals surface area (Å²) in [5.74, 6) is -4.62. The Morgan fingerprint density at radius 1 is 1.09 bits per heavy atom. The molecule has 0 saturated carbocycles. The van der Waals surface area contributed by atoms with Crippen LogP contribution in [0.1, 0.15) is 15.9 Å². The van der Waals surface area contributed by atoms with Crippen LogP contribution in [0.25, 0.3) is 17.4 Å². The molecule has 0 fully saturated rings. The lowest BCUT2D eigenvalue weighted by atomic mass is 10.2. The molecule has 0 saturated heterocycles. The molecular formula is C19H11F5N6O3. The minimum Gasteiger partial charge on any atom is -0.386 e. The number of nitrogens with one attached hydrogen (secondary N) is 1. The van der Waals surface area contributed by atoms with Crippen LogP contribution in [0.5, 0.6) is 0 Å². The van der Waals surface area contributed by atoms with Crippen molar-refractivity contribution in [2.45, 2.75) is 6.18 Å². The number of carbonyl (C=O) groups is 1. The summed E-state index contributed by atoms with van der Waals surface area (Å²) in [6.07, 6.45) is -3.26. The second kappa shape index (κ2) is 7.96. The Hall–Kier alpha value is -4.36. The summed E-state index contributed by atoms with van der Waals surface area (Å²) in [6.45, 7) is 0. The molecule has 0 radical (unpaired) electrons. The lowest BCUT2D eigenvalue weighted by Gasteiger charge is -2.08. The fraction of sp³-hybridized carbons (Fsp3) is 0.105. The lowest BCUT2D eigenvalue weighted by Crippen LogP contribution is -2.15. The van der Waals surface area contributed by atoms with E-state index in [0.29, 0.717) is 10.9 Å². The Balaban J connectivity index is 1.65. The lowest BCUT2D eigenvalue weighted by molar-refractivity contribution is -0.137. The Morgan fingerprint density at radius 3 is 2.33 bits per heavy atom. The maximum absolute atomic E-state index is 13.7. The molecular weight excluding hydrogens is 455 g/mol. The molecule has 0 atom stereocenters. The number of alkyl halides is 3. The van der Waals surface area contributed by atoms with Crippen molar-refractivity contribution >= 4 is 11.6 Å². The fourth-order valence-corrected chi connectivity index (χ4v) is 2.76.